The molecule has 2 N–H and O–H groups in total. The van der Waals surface area contributed by atoms with Gasteiger partial charge in [-0.15, -0.1) is 0 Å². The Bertz CT molecular complexity index is 1330. The van der Waals surface area contributed by atoms with E-state index in [1.54, 1.807) is 0 Å². The van der Waals surface area contributed by atoms with Crippen LogP contribution in [0.5, 0.6) is 0 Å². The summed E-state index contributed by atoms with van der Waals surface area (Å²) in [4.78, 5) is 26.2. The number of morpholine rings is 1. The molecule has 8 unspecified atom stereocenters. The Morgan fingerprint density at radius 3 is 2.42 bits per heavy atom. The van der Waals surface area contributed by atoms with Crippen molar-refractivity contribution < 1.29 is 38.2 Å². The average molecular weight is 721 g/mol. The van der Waals surface area contributed by atoms with E-state index >= 15 is 0 Å². The van der Waals surface area contributed by atoms with E-state index in [4.69, 9.17) is 14.2 Å². The molecule has 2 heterocycles. The Hall–Kier alpha value is -1.11. The van der Waals surface area contributed by atoms with Crippen molar-refractivity contribution in [3.05, 3.63) is 0 Å². The SMILES string of the molecule is CC.CS(=O)N(CC(=O)O)CC1CC[C@H]2C(O1)[C@H](O)C1C3CC[C@H]4C(C)(C)[C@@H](OC5CN(C(=O)CC6CC6)CCO5)CC[C@@]45CC35CCC12C. The lowest BCUT2D eigenvalue weighted by molar-refractivity contribution is -0.245. The van der Waals surface area contributed by atoms with Gasteiger partial charge in [-0.3, -0.25) is 9.59 Å². The van der Waals surface area contributed by atoms with E-state index < -0.39 is 23.1 Å². The normalized spacial score (nSPS) is 46.2. The van der Waals surface area contributed by atoms with Gasteiger partial charge in [0, 0.05) is 25.8 Å². The zero-order valence-electron chi connectivity index (χ0n) is 31.4. The first-order valence-electron chi connectivity index (χ1n) is 20.0. The minimum Gasteiger partial charge on any atom is -0.480 e. The number of nitrogens with zero attached hydrogens (tertiary/aromatic N) is 2. The molecule has 8 rings (SSSR count). The zero-order valence-corrected chi connectivity index (χ0v) is 32.3. The molecule has 0 aromatic heterocycles. The van der Waals surface area contributed by atoms with Crippen molar-refractivity contribution >= 4 is 22.9 Å². The van der Waals surface area contributed by atoms with Crippen LogP contribution in [0.2, 0.25) is 0 Å². The predicted molar refractivity (Wildman–Crippen MR) is 190 cm³/mol. The highest BCUT2D eigenvalue weighted by Gasteiger charge is 2.81. The molecule has 8 fully saturated rings. The predicted octanol–water partition coefficient (Wildman–Crippen LogP) is 5.24. The summed E-state index contributed by atoms with van der Waals surface area (Å²) in [5.74, 6) is 1.41. The minimum atomic E-state index is -1.40. The van der Waals surface area contributed by atoms with E-state index in [2.05, 4.69) is 20.8 Å². The number of rotatable bonds is 9. The van der Waals surface area contributed by atoms with Gasteiger partial charge in [-0.2, -0.15) is 0 Å². The molecule has 6 aliphatic carbocycles. The molecular weight excluding hydrogens is 657 g/mol. The van der Waals surface area contributed by atoms with Crippen molar-refractivity contribution in [2.75, 3.05) is 39.0 Å². The number of carboxylic acid groups (broad SMARTS) is 1. The second kappa shape index (κ2) is 13.6. The molecule has 284 valence electrons. The molecule has 2 saturated heterocycles. The maximum atomic E-state index is 12.9. The summed E-state index contributed by atoms with van der Waals surface area (Å²) in [7, 11) is -1.40. The molecule has 0 radical (unpaired) electrons. The van der Waals surface area contributed by atoms with Crippen molar-refractivity contribution in [1.29, 1.82) is 0 Å². The second-order valence-electron chi connectivity index (χ2n) is 18.1. The Kier molecular flexibility index (Phi) is 10.1. The van der Waals surface area contributed by atoms with E-state index in [0.717, 1.165) is 44.9 Å². The van der Waals surface area contributed by atoms with Crippen LogP contribution in [-0.4, -0.2) is 105 Å². The molecule has 2 aliphatic heterocycles. The van der Waals surface area contributed by atoms with E-state index in [-0.39, 0.29) is 59.2 Å². The third-order valence-corrected chi connectivity index (χ3v) is 16.6. The molecule has 0 bridgehead atoms. The lowest BCUT2D eigenvalue weighted by atomic mass is 9.46. The fraction of sp³-hybridized carbons (Fsp3) is 0.949. The van der Waals surface area contributed by atoms with E-state index in [0.29, 0.717) is 61.7 Å². The quantitative estimate of drug-likeness (QED) is 0.332. The van der Waals surface area contributed by atoms with Crippen LogP contribution in [0.3, 0.4) is 0 Å². The second-order valence-corrected chi connectivity index (χ2v) is 19.4. The van der Waals surface area contributed by atoms with E-state index in [1.807, 2.05) is 18.7 Å². The summed E-state index contributed by atoms with van der Waals surface area (Å²) < 4.78 is 33.3. The van der Waals surface area contributed by atoms with Gasteiger partial charge in [0.1, 0.15) is 6.54 Å². The molecule has 6 saturated carbocycles. The summed E-state index contributed by atoms with van der Waals surface area (Å²) in [6.45, 7) is 13.1. The standard InChI is InChI=1S/C37H58N2O8S.C2H6/c1-34(2)26-10-9-24-31-32(43)33-25(8-7-23(46-33)18-39(48(4)44)19-29(41)42)35(31,3)13-14-36(24)21-37(26,36)12-11-27(34)47-30-20-38(15-16-45-30)28(40)17-22-5-6-22;1-2/h22-27,30-33,43H,5-21H2,1-4H3,(H,41,42);1-2H3/t23?,24?,25-,26-,27-,30?,31?,32+,33?,35?,36?,37+,48?;/m0./s1. The van der Waals surface area contributed by atoms with Gasteiger partial charge in [0.25, 0.3) is 0 Å². The summed E-state index contributed by atoms with van der Waals surface area (Å²) >= 11 is 0. The average Bonchev–Trinajstić information content (AvgIpc) is 4.00. The number of carbonyl (C=O) groups is 2. The fourth-order valence-corrected chi connectivity index (χ4v) is 13.8. The van der Waals surface area contributed by atoms with Crippen LogP contribution in [0.4, 0.5) is 0 Å². The third-order valence-electron chi connectivity index (χ3n) is 15.6. The molecule has 0 aromatic rings. The van der Waals surface area contributed by atoms with Crippen molar-refractivity contribution in [2.45, 2.75) is 142 Å². The third kappa shape index (κ3) is 6.04. The van der Waals surface area contributed by atoms with Crippen LogP contribution in [0, 0.1) is 51.2 Å². The summed E-state index contributed by atoms with van der Waals surface area (Å²) in [5, 5.41) is 21.5. The summed E-state index contributed by atoms with van der Waals surface area (Å²) in [6, 6.07) is 0. The maximum Gasteiger partial charge on any atom is 0.318 e. The monoisotopic (exact) mass is 720 g/mol. The summed E-state index contributed by atoms with van der Waals surface area (Å²) in [6.07, 6.45) is 13.2. The van der Waals surface area contributed by atoms with Gasteiger partial charge >= 0.3 is 5.97 Å². The fourth-order valence-electron chi connectivity index (χ4n) is 13.2. The Labute approximate surface area is 302 Å². The molecule has 13 atom stereocenters. The molecule has 0 aromatic carbocycles. The molecule has 10 nitrogen and oxygen atoms in total. The number of hydrogen-bond acceptors (Lipinski definition) is 7. The van der Waals surface area contributed by atoms with Gasteiger partial charge in [-0.1, -0.05) is 34.6 Å². The lowest BCUT2D eigenvalue weighted by Crippen LogP contribution is -2.57. The highest BCUT2D eigenvalue weighted by atomic mass is 32.2. The van der Waals surface area contributed by atoms with Gasteiger partial charge in [-0.05, 0) is 122 Å². The number of aliphatic carboxylic acids is 1. The first-order chi connectivity index (χ1) is 23.8. The van der Waals surface area contributed by atoms with E-state index in [1.165, 1.54) is 36.2 Å². The van der Waals surface area contributed by atoms with Crippen LogP contribution < -0.4 is 0 Å². The van der Waals surface area contributed by atoms with Crippen LogP contribution in [0.15, 0.2) is 0 Å². The number of aliphatic hydroxyl groups is 1. The van der Waals surface area contributed by atoms with Crippen molar-refractivity contribution in [2.24, 2.45) is 51.2 Å². The first kappa shape index (κ1) is 37.2. The molecular formula is C39H64N2O8S. The van der Waals surface area contributed by atoms with Crippen molar-refractivity contribution in [1.82, 2.24) is 9.21 Å². The number of amides is 1. The Balaban J connectivity index is 0.00000193. The number of hydrogen-bond donors (Lipinski definition) is 2. The van der Waals surface area contributed by atoms with Crippen LogP contribution >= 0.6 is 0 Å². The molecule has 11 heteroatoms. The number of carbonyl (C=O) groups excluding carboxylic acids is 1. The van der Waals surface area contributed by atoms with Gasteiger partial charge in [-0.25, -0.2) is 8.51 Å². The van der Waals surface area contributed by atoms with Crippen LogP contribution in [-0.2, 0) is 34.8 Å². The van der Waals surface area contributed by atoms with Gasteiger partial charge in [0.2, 0.25) is 5.91 Å². The summed E-state index contributed by atoms with van der Waals surface area (Å²) in [5.41, 5.74) is 0.616. The van der Waals surface area contributed by atoms with E-state index in [9.17, 15) is 24.0 Å². The first-order valence-corrected chi connectivity index (χ1v) is 21.5. The zero-order chi connectivity index (χ0) is 35.8. The van der Waals surface area contributed by atoms with Gasteiger partial charge in [0.15, 0.2) is 6.29 Å². The van der Waals surface area contributed by atoms with Crippen molar-refractivity contribution in [3.63, 3.8) is 0 Å². The van der Waals surface area contributed by atoms with Crippen LogP contribution in [0.1, 0.15) is 112 Å². The Morgan fingerprint density at radius 2 is 1.72 bits per heavy atom. The van der Waals surface area contributed by atoms with Gasteiger partial charge in [0.05, 0.1) is 48.6 Å². The molecule has 2 spiro atoms. The number of aliphatic hydroxyl groups excluding tert-OH is 1. The van der Waals surface area contributed by atoms with Gasteiger partial charge < -0.3 is 29.3 Å². The number of ether oxygens (including phenoxy) is 3. The number of fused-ring (bicyclic) bond motifs is 4. The number of carboxylic acids is 1. The van der Waals surface area contributed by atoms with Crippen LogP contribution in [0.25, 0.3) is 0 Å². The highest BCUT2D eigenvalue weighted by molar-refractivity contribution is 7.81. The maximum absolute atomic E-state index is 12.9. The molecule has 50 heavy (non-hydrogen) atoms. The largest absolute Gasteiger partial charge is 0.480 e. The smallest absolute Gasteiger partial charge is 0.318 e. The molecule has 1 amide bonds. The van der Waals surface area contributed by atoms with Crippen molar-refractivity contribution in [3.8, 4) is 0 Å². The Morgan fingerprint density at radius 1 is 0.980 bits per heavy atom. The lowest BCUT2D eigenvalue weighted by Gasteiger charge is -2.60. The molecule has 8 aliphatic rings. The highest BCUT2D eigenvalue weighted by Crippen LogP contribution is 2.87. The minimum absolute atomic E-state index is 0.00305. The topological polar surface area (TPSA) is 126 Å².